The van der Waals surface area contributed by atoms with E-state index in [1.807, 2.05) is 0 Å². The van der Waals surface area contributed by atoms with Crippen molar-refractivity contribution in [3.8, 4) is 17.2 Å². The van der Waals surface area contributed by atoms with Crippen molar-refractivity contribution < 1.29 is 37.0 Å². The highest BCUT2D eigenvalue weighted by Gasteiger charge is 2.37. The smallest absolute Gasteiger partial charge is 0.465 e. The van der Waals surface area contributed by atoms with Crippen molar-refractivity contribution in [1.29, 1.82) is 0 Å². The highest BCUT2D eigenvalue weighted by atomic mass is 19.4. The van der Waals surface area contributed by atoms with E-state index in [9.17, 15) is 27.9 Å². The number of ether oxygens (including phenoxy) is 1. The average molecular weight is 507 g/mol. The molecule has 12 nitrogen and oxygen atoms in total. The van der Waals surface area contributed by atoms with Crippen molar-refractivity contribution in [2.45, 2.75) is 50.2 Å². The number of nitrogens with one attached hydrogen (secondary N) is 1. The molecule has 5 rings (SSSR count). The Balaban J connectivity index is 1.30. The summed E-state index contributed by atoms with van der Waals surface area (Å²) >= 11 is 0. The SMILES string of the molecule is O=C(N[C@@H]1C[C@@H](Cn2cnnc2)N(C(=O)O)C1)c1nnc(-c2cc(OC(F)(F)F)ccc2C2CC2)o1. The van der Waals surface area contributed by atoms with Crippen LogP contribution in [-0.2, 0) is 6.54 Å². The number of carbonyl (C=O) groups is 2. The second-order valence-corrected chi connectivity index (χ2v) is 8.64. The van der Waals surface area contributed by atoms with Crippen LogP contribution in [0.5, 0.6) is 5.75 Å². The largest absolute Gasteiger partial charge is 0.573 e. The minimum absolute atomic E-state index is 0.0531. The van der Waals surface area contributed by atoms with E-state index in [-0.39, 0.29) is 23.9 Å². The molecule has 1 saturated carbocycles. The molecule has 3 aromatic rings. The number of hydrogen-bond acceptors (Lipinski definition) is 8. The van der Waals surface area contributed by atoms with Gasteiger partial charge in [0, 0.05) is 24.7 Å². The number of aromatic nitrogens is 5. The third kappa shape index (κ3) is 5.23. The molecule has 15 heteroatoms. The number of nitrogens with zero attached hydrogens (tertiary/aromatic N) is 6. The lowest BCUT2D eigenvalue weighted by Gasteiger charge is -2.20. The molecule has 1 saturated heterocycles. The molecule has 3 heterocycles. The molecule has 0 spiro atoms. The Kier molecular flexibility index (Phi) is 5.97. The fourth-order valence-corrected chi connectivity index (χ4v) is 4.33. The van der Waals surface area contributed by atoms with E-state index in [4.69, 9.17) is 4.42 Å². The number of likely N-dealkylation sites (tertiary alicyclic amines) is 1. The zero-order valence-electron chi connectivity index (χ0n) is 18.6. The van der Waals surface area contributed by atoms with Gasteiger partial charge in [0.05, 0.1) is 6.04 Å². The summed E-state index contributed by atoms with van der Waals surface area (Å²) in [6.45, 7) is 0.369. The number of amides is 2. The third-order valence-corrected chi connectivity index (χ3v) is 6.01. The Bertz CT molecular complexity index is 1260. The van der Waals surface area contributed by atoms with E-state index >= 15 is 0 Å². The van der Waals surface area contributed by atoms with Gasteiger partial charge in [0.25, 0.3) is 0 Å². The summed E-state index contributed by atoms with van der Waals surface area (Å²) in [5.41, 5.74) is 0.989. The molecule has 0 radical (unpaired) electrons. The molecule has 2 fully saturated rings. The zero-order valence-corrected chi connectivity index (χ0v) is 18.6. The number of halogens is 3. The van der Waals surface area contributed by atoms with Gasteiger partial charge in [0.15, 0.2) is 0 Å². The second kappa shape index (κ2) is 9.13. The van der Waals surface area contributed by atoms with Crippen molar-refractivity contribution in [3.05, 3.63) is 42.3 Å². The van der Waals surface area contributed by atoms with Gasteiger partial charge in [-0.3, -0.25) is 4.79 Å². The normalized spacial score (nSPS) is 19.9. The molecule has 2 atom stereocenters. The summed E-state index contributed by atoms with van der Waals surface area (Å²) in [7, 11) is 0. The first-order chi connectivity index (χ1) is 17.2. The maximum Gasteiger partial charge on any atom is 0.573 e. The van der Waals surface area contributed by atoms with Crippen LogP contribution in [0.3, 0.4) is 0 Å². The van der Waals surface area contributed by atoms with Gasteiger partial charge in [-0.1, -0.05) is 6.07 Å². The average Bonchev–Trinajstić information content (AvgIpc) is 3.19. The molecule has 190 valence electrons. The predicted octanol–water partition coefficient (Wildman–Crippen LogP) is 2.66. The van der Waals surface area contributed by atoms with Crippen LogP contribution in [0.25, 0.3) is 11.5 Å². The number of carbonyl (C=O) groups excluding carboxylic acids is 1. The molecule has 1 aliphatic carbocycles. The Morgan fingerprint density at radius 3 is 2.61 bits per heavy atom. The topological polar surface area (TPSA) is 148 Å². The van der Waals surface area contributed by atoms with E-state index in [0.717, 1.165) is 24.5 Å². The molecule has 36 heavy (non-hydrogen) atoms. The van der Waals surface area contributed by atoms with Gasteiger partial charge in [-0.25, -0.2) is 4.79 Å². The van der Waals surface area contributed by atoms with Gasteiger partial charge in [-0.15, -0.1) is 33.6 Å². The van der Waals surface area contributed by atoms with Gasteiger partial charge >= 0.3 is 24.3 Å². The highest BCUT2D eigenvalue weighted by Crippen LogP contribution is 2.45. The number of rotatable bonds is 7. The van der Waals surface area contributed by atoms with Gasteiger partial charge in [-0.2, -0.15) is 0 Å². The lowest BCUT2D eigenvalue weighted by molar-refractivity contribution is -0.274. The zero-order chi connectivity index (χ0) is 25.4. The van der Waals surface area contributed by atoms with Crippen LogP contribution in [0.15, 0.2) is 35.3 Å². The fraction of sp³-hybridized carbons (Fsp3) is 0.429. The van der Waals surface area contributed by atoms with Crippen LogP contribution in [0, 0.1) is 0 Å². The first-order valence-corrected chi connectivity index (χ1v) is 11.0. The molecule has 1 aliphatic heterocycles. The molecule has 2 aromatic heterocycles. The third-order valence-electron chi connectivity index (χ3n) is 6.01. The minimum Gasteiger partial charge on any atom is -0.465 e. The van der Waals surface area contributed by atoms with Gasteiger partial charge in [-0.05, 0) is 42.9 Å². The van der Waals surface area contributed by atoms with Crippen LogP contribution < -0.4 is 10.1 Å². The molecule has 2 aliphatic rings. The summed E-state index contributed by atoms with van der Waals surface area (Å²) in [6, 6.07) is 2.97. The maximum atomic E-state index is 12.8. The van der Waals surface area contributed by atoms with Crippen LogP contribution in [0.4, 0.5) is 18.0 Å². The molecular formula is C21H20F3N7O5. The van der Waals surface area contributed by atoms with E-state index in [1.54, 1.807) is 4.57 Å². The minimum atomic E-state index is -4.87. The van der Waals surface area contributed by atoms with Crippen molar-refractivity contribution in [3.63, 3.8) is 0 Å². The quantitative estimate of drug-likeness (QED) is 0.492. The molecule has 2 amide bonds. The predicted molar refractivity (Wildman–Crippen MR) is 113 cm³/mol. The van der Waals surface area contributed by atoms with Crippen molar-refractivity contribution in [1.82, 2.24) is 35.2 Å². The van der Waals surface area contributed by atoms with Crippen molar-refractivity contribution >= 4 is 12.0 Å². The fourth-order valence-electron chi connectivity index (χ4n) is 4.33. The van der Waals surface area contributed by atoms with Crippen LogP contribution in [0.1, 0.15) is 41.4 Å². The Hall–Kier alpha value is -4.17. The molecular weight excluding hydrogens is 487 g/mol. The Labute approximate surface area is 201 Å². The van der Waals surface area contributed by atoms with Gasteiger partial charge in [0.2, 0.25) is 5.89 Å². The highest BCUT2D eigenvalue weighted by molar-refractivity contribution is 5.90. The summed E-state index contributed by atoms with van der Waals surface area (Å²) in [4.78, 5) is 25.6. The monoisotopic (exact) mass is 507 g/mol. The lowest BCUT2D eigenvalue weighted by Crippen LogP contribution is -2.39. The second-order valence-electron chi connectivity index (χ2n) is 8.64. The summed E-state index contributed by atoms with van der Waals surface area (Å²) < 4.78 is 49.2. The number of benzene rings is 1. The number of hydrogen-bond donors (Lipinski definition) is 2. The maximum absolute atomic E-state index is 12.8. The van der Waals surface area contributed by atoms with E-state index in [2.05, 4.69) is 30.4 Å². The van der Waals surface area contributed by atoms with Crippen LogP contribution in [0.2, 0.25) is 0 Å². The van der Waals surface area contributed by atoms with E-state index in [1.165, 1.54) is 29.7 Å². The molecule has 2 N–H and O–H groups in total. The lowest BCUT2D eigenvalue weighted by atomic mass is 10.0. The number of alkyl halides is 3. The standard InChI is InChI=1S/C21H20F3N7O5/c22-21(23,24)36-14-3-4-15(11-1-2-11)16(6-14)18-28-29-19(35-18)17(32)27-12-5-13(31(7-12)20(33)34)8-30-9-25-26-10-30/h3-4,6,9-13H,1-2,5,7-8H2,(H,27,32)(H,33,34)/t12-,13+/m1/s1. The van der Waals surface area contributed by atoms with Gasteiger partial charge < -0.3 is 29.0 Å². The Morgan fingerprint density at radius 1 is 1.19 bits per heavy atom. The van der Waals surface area contributed by atoms with Crippen LogP contribution >= 0.6 is 0 Å². The Morgan fingerprint density at radius 2 is 1.94 bits per heavy atom. The van der Waals surface area contributed by atoms with E-state index in [0.29, 0.717) is 13.0 Å². The van der Waals surface area contributed by atoms with Gasteiger partial charge in [0.1, 0.15) is 18.4 Å². The van der Waals surface area contributed by atoms with Crippen molar-refractivity contribution in [2.24, 2.45) is 0 Å². The first-order valence-electron chi connectivity index (χ1n) is 11.0. The molecule has 0 bridgehead atoms. The molecule has 0 unspecified atom stereocenters. The summed E-state index contributed by atoms with van der Waals surface area (Å²) in [5.74, 6) is -1.52. The van der Waals surface area contributed by atoms with Crippen LogP contribution in [-0.4, -0.2) is 72.0 Å². The van der Waals surface area contributed by atoms with Crippen molar-refractivity contribution in [2.75, 3.05) is 6.54 Å². The molecule has 1 aromatic carbocycles. The number of carboxylic acid groups (broad SMARTS) is 1. The first kappa shape index (κ1) is 23.6. The summed E-state index contributed by atoms with van der Waals surface area (Å²) in [6.07, 6.45) is -0.987. The van der Waals surface area contributed by atoms with E-state index < -0.39 is 42.1 Å². The summed E-state index contributed by atoms with van der Waals surface area (Å²) in [5, 5.41) is 27.2.